The first-order chi connectivity index (χ1) is 9.59. The lowest BCUT2D eigenvalue weighted by molar-refractivity contribution is -0.128. The molecule has 108 valence electrons. The van der Waals surface area contributed by atoms with E-state index in [0.29, 0.717) is 31.0 Å². The smallest absolute Gasteiger partial charge is 0.237 e. The summed E-state index contributed by atoms with van der Waals surface area (Å²) in [5.41, 5.74) is 0.594. The average Bonchev–Trinajstić information content (AvgIpc) is 2.44. The van der Waals surface area contributed by atoms with E-state index in [1.165, 1.54) is 6.92 Å². The number of nitrogens with one attached hydrogen (secondary N) is 1. The highest BCUT2D eigenvalue weighted by atomic mass is 16.5. The van der Waals surface area contributed by atoms with Crippen LogP contribution in [0.3, 0.4) is 0 Å². The van der Waals surface area contributed by atoms with Crippen LogP contribution in [0.25, 0.3) is 0 Å². The van der Waals surface area contributed by atoms with E-state index in [9.17, 15) is 9.59 Å². The Morgan fingerprint density at radius 2 is 2.20 bits per heavy atom. The van der Waals surface area contributed by atoms with Gasteiger partial charge in [-0.15, -0.1) is 0 Å². The van der Waals surface area contributed by atoms with E-state index in [1.54, 1.807) is 12.1 Å². The van der Waals surface area contributed by atoms with Crippen molar-refractivity contribution in [3.05, 3.63) is 29.8 Å². The number of carbonyl (C=O) groups excluding carboxylic acids is 2. The van der Waals surface area contributed by atoms with Gasteiger partial charge in [-0.05, 0) is 26.0 Å². The quantitative estimate of drug-likeness (QED) is 0.818. The number of ether oxygens (including phenoxy) is 1. The first-order valence-corrected chi connectivity index (χ1v) is 6.84. The minimum Gasteiger partial charge on any atom is -0.491 e. The van der Waals surface area contributed by atoms with Crippen LogP contribution in [0.5, 0.6) is 5.75 Å². The van der Waals surface area contributed by atoms with Crippen molar-refractivity contribution < 1.29 is 14.3 Å². The third kappa shape index (κ3) is 3.36. The fraction of sp³-hybridized carbons (Fsp3) is 0.467. The van der Waals surface area contributed by atoms with Gasteiger partial charge in [-0.1, -0.05) is 12.1 Å². The van der Waals surface area contributed by atoms with Crippen LogP contribution in [0.1, 0.15) is 24.2 Å². The van der Waals surface area contributed by atoms with Crippen molar-refractivity contribution in [1.29, 1.82) is 0 Å². The van der Waals surface area contributed by atoms with Crippen molar-refractivity contribution in [3.8, 4) is 5.75 Å². The van der Waals surface area contributed by atoms with Gasteiger partial charge in [0.1, 0.15) is 12.4 Å². The molecule has 0 radical (unpaired) electrons. The van der Waals surface area contributed by atoms with E-state index in [2.05, 4.69) is 10.2 Å². The van der Waals surface area contributed by atoms with Gasteiger partial charge < -0.3 is 10.1 Å². The van der Waals surface area contributed by atoms with Gasteiger partial charge in [0.25, 0.3) is 0 Å². The van der Waals surface area contributed by atoms with Gasteiger partial charge in [-0.2, -0.15) is 0 Å². The van der Waals surface area contributed by atoms with E-state index < -0.39 is 0 Å². The number of hydrogen-bond donors (Lipinski definition) is 1. The highest BCUT2D eigenvalue weighted by Gasteiger charge is 2.24. The number of ketones is 1. The maximum absolute atomic E-state index is 11.5. The van der Waals surface area contributed by atoms with Crippen molar-refractivity contribution in [3.63, 3.8) is 0 Å². The Morgan fingerprint density at radius 1 is 1.45 bits per heavy atom. The van der Waals surface area contributed by atoms with Crippen molar-refractivity contribution >= 4 is 11.7 Å². The Balaban J connectivity index is 1.90. The van der Waals surface area contributed by atoms with Crippen LogP contribution in [0.15, 0.2) is 24.3 Å². The summed E-state index contributed by atoms with van der Waals surface area (Å²) in [5, 5.41) is 2.83. The highest BCUT2D eigenvalue weighted by Crippen LogP contribution is 2.18. The van der Waals surface area contributed by atoms with Crippen molar-refractivity contribution in [1.82, 2.24) is 10.2 Å². The van der Waals surface area contributed by atoms with E-state index in [1.807, 2.05) is 19.1 Å². The van der Waals surface area contributed by atoms with Crippen molar-refractivity contribution in [2.24, 2.45) is 0 Å². The van der Waals surface area contributed by atoms with E-state index >= 15 is 0 Å². The second-order valence-electron chi connectivity index (χ2n) is 4.90. The molecule has 1 saturated heterocycles. The van der Waals surface area contributed by atoms with Gasteiger partial charge in [-0.3, -0.25) is 14.5 Å². The van der Waals surface area contributed by atoms with E-state index in [4.69, 9.17) is 4.74 Å². The lowest BCUT2D eigenvalue weighted by atomic mass is 10.1. The number of piperazine rings is 1. The number of Topliss-reactive ketones (excluding diaryl/α,β-unsaturated/α-hetero) is 1. The summed E-state index contributed by atoms with van der Waals surface area (Å²) in [5.74, 6) is 0.654. The molecular weight excluding hydrogens is 256 g/mol. The summed E-state index contributed by atoms with van der Waals surface area (Å²) >= 11 is 0. The maximum Gasteiger partial charge on any atom is 0.237 e. The number of amides is 1. The van der Waals surface area contributed by atoms with Crippen LogP contribution in [0.4, 0.5) is 0 Å². The Morgan fingerprint density at radius 3 is 2.95 bits per heavy atom. The average molecular weight is 276 g/mol. The normalized spacial score (nSPS) is 19.5. The molecule has 20 heavy (non-hydrogen) atoms. The van der Waals surface area contributed by atoms with Crippen molar-refractivity contribution in [2.75, 3.05) is 26.2 Å². The van der Waals surface area contributed by atoms with Crippen LogP contribution < -0.4 is 10.1 Å². The number of para-hydroxylation sites is 1. The van der Waals surface area contributed by atoms with Gasteiger partial charge in [0.05, 0.1) is 11.6 Å². The van der Waals surface area contributed by atoms with Gasteiger partial charge in [0, 0.05) is 19.6 Å². The molecule has 5 nitrogen and oxygen atoms in total. The molecule has 1 amide bonds. The Kier molecular flexibility index (Phi) is 4.74. The number of rotatable bonds is 5. The van der Waals surface area contributed by atoms with Crippen LogP contribution >= 0.6 is 0 Å². The molecule has 5 heteroatoms. The lowest BCUT2D eigenvalue weighted by Crippen LogP contribution is -2.54. The number of hydrogen-bond acceptors (Lipinski definition) is 4. The first-order valence-electron chi connectivity index (χ1n) is 6.84. The molecule has 1 aromatic rings. The zero-order valence-electron chi connectivity index (χ0n) is 11.9. The molecule has 1 heterocycles. The minimum atomic E-state index is -0.129. The predicted octanol–water partition coefficient (Wildman–Crippen LogP) is 1.09. The number of carbonyl (C=O) groups is 2. The fourth-order valence-corrected chi connectivity index (χ4v) is 2.29. The molecule has 1 aliphatic rings. The maximum atomic E-state index is 11.5. The molecular formula is C15H20N2O3. The topological polar surface area (TPSA) is 58.6 Å². The molecule has 0 saturated carbocycles. The van der Waals surface area contributed by atoms with Gasteiger partial charge in [0.2, 0.25) is 5.91 Å². The standard InChI is InChI=1S/C15H20N2O3/c1-11-15(19)16-7-8-17(11)9-10-20-14-6-4-3-5-13(14)12(2)18/h3-6,11H,7-10H2,1-2H3,(H,16,19). The summed E-state index contributed by atoms with van der Waals surface area (Å²) in [6, 6.07) is 7.09. The number of benzene rings is 1. The van der Waals surface area contributed by atoms with Crippen LogP contribution in [0.2, 0.25) is 0 Å². The van der Waals surface area contributed by atoms with E-state index in [-0.39, 0.29) is 17.7 Å². The molecule has 0 bridgehead atoms. The summed E-state index contributed by atoms with van der Waals surface area (Å²) in [6.07, 6.45) is 0. The zero-order valence-corrected chi connectivity index (χ0v) is 11.9. The molecule has 1 fully saturated rings. The van der Waals surface area contributed by atoms with Gasteiger partial charge in [-0.25, -0.2) is 0 Å². The third-order valence-corrected chi connectivity index (χ3v) is 3.53. The Hall–Kier alpha value is -1.88. The summed E-state index contributed by atoms with van der Waals surface area (Å²) in [4.78, 5) is 25.1. The molecule has 0 aliphatic carbocycles. The molecule has 1 atom stereocenters. The molecule has 0 aromatic heterocycles. The lowest BCUT2D eigenvalue weighted by Gasteiger charge is -2.32. The molecule has 1 aromatic carbocycles. The first kappa shape index (κ1) is 14.5. The van der Waals surface area contributed by atoms with Gasteiger partial charge in [0.15, 0.2) is 5.78 Å². The molecule has 1 unspecified atom stereocenters. The third-order valence-electron chi connectivity index (χ3n) is 3.53. The molecule has 0 spiro atoms. The molecule has 1 aliphatic heterocycles. The van der Waals surface area contributed by atoms with Gasteiger partial charge >= 0.3 is 0 Å². The second kappa shape index (κ2) is 6.52. The zero-order chi connectivity index (χ0) is 14.5. The van der Waals surface area contributed by atoms with Crippen LogP contribution in [0, 0.1) is 0 Å². The largest absolute Gasteiger partial charge is 0.491 e. The summed E-state index contributed by atoms with van der Waals surface area (Å²) in [7, 11) is 0. The van der Waals surface area contributed by atoms with Crippen LogP contribution in [-0.2, 0) is 4.79 Å². The Labute approximate surface area is 118 Å². The van der Waals surface area contributed by atoms with Crippen LogP contribution in [-0.4, -0.2) is 48.9 Å². The monoisotopic (exact) mass is 276 g/mol. The second-order valence-corrected chi connectivity index (χ2v) is 4.90. The fourth-order valence-electron chi connectivity index (χ4n) is 2.29. The molecule has 2 rings (SSSR count). The Bertz CT molecular complexity index is 502. The van der Waals surface area contributed by atoms with E-state index in [0.717, 1.165) is 6.54 Å². The minimum absolute atomic E-state index is 0.00804. The number of nitrogens with zero attached hydrogens (tertiary/aromatic N) is 1. The molecule has 1 N–H and O–H groups in total. The summed E-state index contributed by atoms with van der Waals surface area (Å²) < 4.78 is 5.69. The van der Waals surface area contributed by atoms with Crippen molar-refractivity contribution in [2.45, 2.75) is 19.9 Å². The predicted molar refractivity (Wildman–Crippen MR) is 76.0 cm³/mol. The summed E-state index contributed by atoms with van der Waals surface area (Å²) in [6.45, 7) is 6.04. The SMILES string of the molecule is CC(=O)c1ccccc1OCCN1CCNC(=O)C1C. The highest BCUT2D eigenvalue weighted by molar-refractivity contribution is 5.96.